The molecule has 1 saturated heterocycles. The fraction of sp³-hybridized carbons (Fsp3) is 0.769. The predicted molar refractivity (Wildman–Crippen MR) is 149 cm³/mol. The largest absolute Gasteiger partial charge is 0.444 e. The van der Waals surface area contributed by atoms with Gasteiger partial charge in [-0.05, 0) is 72.5 Å². The summed E-state index contributed by atoms with van der Waals surface area (Å²) in [5, 5.41) is 4.89. The molecule has 0 radical (unpaired) electrons. The minimum atomic E-state index is -3.80. The number of allylic oxidation sites excluding steroid dienone is 1. The van der Waals surface area contributed by atoms with Crippen molar-refractivity contribution in [1.82, 2.24) is 20.3 Å². The molecule has 1 saturated carbocycles. The molecule has 2 unspecified atom stereocenters. The number of alkyl carbamates (subject to hydrolysis) is 1. The number of carbonyl (C=O) groups is 4. The Balaban J connectivity index is 1.89. The topological polar surface area (TPSA) is 151 Å². The summed E-state index contributed by atoms with van der Waals surface area (Å²) < 4.78 is 31.7. The van der Waals surface area contributed by atoms with Gasteiger partial charge >= 0.3 is 6.09 Å². The molecule has 13 heteroatoms. The maximum absolute atomic E-state index is 13.9. The van der Waals surface area contributed by atoms with Gasteiger partial charge in [-0.3, -0.25) is 19.1 Å². The van der Waals surface area contributed by atoms with Crippen LogP contribution in [0.3, 0.4) is 0 Å². The molecule has 2 aliphatic heterocycles. The Hall–Kier alpha value is -2.28. The minimum Gasteiger partial charge on any atom is -0.444 e. The van der Waals surface area contributed by atoms with Crippen LogP contribution in [0.5, 0.6) is 0 Å². The number of nitrogens with one attached hydrogen (secondary N) is 3. The molecule has 2 fully saturated rings. The van der Waals surface area contributed by atoms with E-state index in [-0.39, 0.29) is 0 Å². The summed E-state index contributed by atoms with van der Waals surface area (Å²) in [5.41, 5.74) is -0.758. The number of ether oxygens (including phenoxy) is 1. The van der Waals surface area contributed by atoms with E-state index in [0.29, 0.717) is 44.4 Å². The highest BCUT2D eigenvalue weighted by Gasteiger charge is 2.45. The fourth-order valence-corrected chi connectivity index (χ4v) is 7.11. The van der Waals surface area contributed by atoms with Gasteiger partial charge in [0.25, 0.3) is 5.91 Å². The van der Waals surface area contributed by atoms with Crippen molar-refractivity contribution in [2.75, 3.05) is 12.3 Å². The van der Waals surface area contributed by atoms with Crippen molar-refractivity contribution in [2.24, 2.45) is 5.92 Å². The molecule has 11 nitrogen and oxygen atoms in total. The zero-order valence-corrected chi connectivity index (χ0v) is 25.2. The average Bonchev–Trinajstić information content (AvgIpc) is 3.56. The van der Waals surface area contributed by atoms with Crippen LogP contribution in [0.4, 0.5) is 4.79 Å². The maximum atomic E-state index is 13.9. The molecule has 0 aromatic carbocycles. The van der Waals surface area contributed by atoms with Crippen molar-refractivity contribution >= 4 is 45.6 Å². The van der Waals surface area contributed by atoms with E-state index in [1.165, 1.54) is 16.7 Å². The lowest BCUT2D eigenvalue weighted by Crippen LogP contribution is -2.61. The van der Waals surface area contributed by atoms with Gasteiger partial charge in [0.2, 0.25) is 21.8 Å². The molecule has 0 bridgehead atoms. The van der Waals surface area contributed by atoms with Crippen LogP contribution < -0.4 is 15.4 Å². The van der Waals surface area contributed by atoms with Gasteiger partial charge in [-0.2, -0.15) is 11.8 Å². The summed E-state index contributed by atoms with van der Waals surface area (Å²) in [5.74, 6) is -1.61. The van der Waals surface area contributed by atoms with Crippen LogP contribution >= 0.6 is 11.8 Å². The van der Waals surface area contributed by atoms with E-state index in [0.717, 1.165) is 0 Å². The smallest absolute Gasteiger partial charge is 0.408 e. The third kappa shape index (κ3) is 8.36. The second-order valence-electron chi connectivity index (χ2n) is 12.0. The van der Waals surface area contributed by atoms with Crippen molar-refractivity contribution < 1.29 is 32.3 Å². The van der Waals surface area contributed by atoms with E-state index in [1.54, 1.807) is 33.8 Å². The number of carbonyl (C=O) groups excluding carboxylic acids is 4. The monoisotopic (exact) mass is 586 g/mol. The molecule has 39 heavy (non-hydrogen) atoms. The molecule has 0 aromatic heterocycles. The summed E-state index contributed by atoms with van der Waals surface area (Å²) in [4.78, 5) is 54.6. The van der Waals surface area contributed by atoms with Crippen LogP contribution in [0.25, 0.3) is 0 Å². The van der Waals surface area contributed by atoms with Crippen LogP contribution in [0, 0.1) is 5.92 Å². The van der Waals surface area contributed by atoms with Crippen LogP contribution in [-0.4, -0.2) is 83.2 Å². The van der Waals surface area contributed by atoms with Crippen LogP contribution in [-0.2, 0) is 29.1 Å². The Morgan fingerprint density at radius 2 is 1.85 bits per heavy atom. The normalized spacial score (nSPS) is 29.4. The Kier molecular flexibility index (Phi) is 9.67. The first kappa shape index (κ1) is 31.3. The van der Waals surface area contributed by atoms with E-state index in [9.17, 15) is 27.6 Å². The van der Waals surface area contributed by atoms with Crippen molar-refractivity contribution in [1.29, 1.82) is 0 Å². The average molecular weight is 587 g/mol. The van der Waals surface area contributed by atoms with E-state index in [4.69, 9.17) is 4.74 Å². The van der Waals surface area contributed by atoms with Gasteiger partial charge in [-0.15, -0.1) is 0 Å². The number of fused-ring (bicyclic) bond motifs is 1. The Labute approximate surface area is 235 Å². The number of rotatable bonds is 4. The molecular weight excluding hydrogens is 544 g/mol. The Morgan fingerprint density at radius 1 is 1.18 bits per heavy atom. The van der Waals surface area contributed by atoms with Crippen LogP contribution in [0.1, 0.15) is 73.6 Å². The number of hydrogen-bond donors (Lipinski definition) is 3. The van der Waals surface area contributed by atoms with E-state index >= 15 is 0 Å². The molecule has 4 amide bonds. The molecule has 3 rings (SSSR count). The zero-order valence-electron chi connectivity index (χ0n) is 23.6. The second kappa shape index (κ2) is 12.1. The summed E-state index contributed by atoms with van der Waals surface area (Å²) in [6.07, 6.45) is 5.49. The minimum absolute atomic E-state index is 0.312. The van der Waals surface area contributed by atoms with Crippen LogP contribution in [0.15, 0.2) is 12.2 Å². The second-order valence-corrected chi connectivity index (χ2v) is 15.7. The first-order valence-corrected chi connectivity index (χ1v) is 16.0. The highest BCUT2D eigenvalue weighted by molar-refractivity contribution is 8.00. The molecule has 3 N–H and O–H groups in total. The van der Waals surface area contributed by atoms with E-state index in [1.807, 2.05) is 19.9 Å². The third-order valence-electron chi connectivity index (χ3n) is 6.95. The summed E-state index contributed by atoms with van der Waals surface area (Å²) in [7, 11) is -3.80. The maximum Gasteiger partial charge on any atom is 0.408 e. The van der Waals surface area contributed by atoms with Gasteiger partial charge < -0.3 is 20.3 Å². The van der Waals surface area contributed by atoms with Gasteiger partial charge in [0.05, 0.1) is 5.25 Å². The number of nitrogens with zero attached hydrogens (tertiary/aromatic N) is 1. The molecule has 4 atom stereocenters. The molecule has 2 heterocycles. The fourth-order valence-electron chi connectivity index (χ4n) is 4.67. The van der Waals surface area contributed by atoms with E-state index < -0.39 is 73.5 Å². The van der Waals surface area contributed by atoms with Crippen molar-refractivity contribution in [2.45, 2.75) is 107 Å². The predicted octanol–water partition coefficient (Wildman–Crippen LogP) is 2.07. The highest BCUT2D eigenvalue weighted by atomic mass is 32.2. The molecule has 1 aliphatic carbocycles. The SMILES string of the molecule is C[C@H]1/C=C/CCSC(C)(C)C(NC(=O)OC(C)(C)C)C(=O)N2CCC[C@H]2C(=O)NC1C(=O)NS(=O)(=O)C1CC1. The van der Waals surface area contributed by atoms with Gasteiger partial charge in [-0.25, -0.2) is 13.2 Å². The number of amides is 4. The lowest BCUT2D eigenvalue weighted by Gasteiger charge is -2.38. The molecule has 3 aliphatic rings. The Bertz CT molecular complexity index is 1100. The quantitative estimate of drug-likeness (QED) is 0.424. The molecule has 0 spiro atoms. The van der Waals surface area contributed by atoms with Crippen molar-refractivity contribution in [3.05, 3.63) is 12.2 Å². The standard InChI is InChI=1S/C26H42N4O7S2/c1-16-10-7-8-15-38-26(5,6)20(28-24(34)37-25(2,3)4)23(33)30-14-9-11-18(30)21(31)27-19(16)22(32)29-39(35,36)17-12-13-17/h7,10,16-20H,8-9,11-15H2,1-6H3,(H,27,31)(H,28,34)(H,29,32)/b10-7+/t16-,18-,19?,20?/m0/s1. The number of thioether (sulfide) groups is 1. The number of sulfonamides is 1. The Morgan fingerprint density at radius 3 is 2.46 bits per heavy atom. The van der Waals surface area contributed by atoms with Gasteiger partial charge in [0, 0.05) is 17.2 Å². The number of hydrogen-bond acceptors (Lipinski definition) is 8. The lowest BCUT2D eigenvalue weighted by atomic mass is 9.99. The summed E-state index contributed by atoms with van der Waals surface area (Å²) >= 11 is 1.51. The third-order valence-corrected chi connectivity index (χ3v) is 10.2. The van der Waals surface area contributed by atoms with Gasteiger partial charge in [-0.1, -0.05) is 19.1 Å². The molecule has 220 valence electrons. The van der Waals surface area contributed by atoms with Crippen LogP contribution in [0.2, 0.25) is 0 Å². The summed E-state index contributed by atoms with van der Waals surface area (Å²) in [6, 6.07) is -2.97. The van der Waals surface area contributed by atoms with Crippen molar-refractivity contribution in [3.63, 3.8) is 0 Å². The highest BCUT2D eigenvalue weighted by Crippen LogP contribution is 2.33. The van der Waals surface area contributed by atoms with E-state index in [2.05, 4.69) is 15.4 Å². The van der Waals surface area contributed by atoms with Gasteiger partial charge in [0.1, 0.15) is 23.7 Å². The zero-order chi connectivity index (χ0) is 29.2. The van der Waals surface area contributed by atoms with Crippen molar-refractivity contribution in [3.8, 4) is 0 Å². The lowest BCUT2D eigenvalue weighted by molar-refractivity contribution is -0.141. The summed E-state index contributed by atoms with van der Waals surface area (Å²) in [6.45, 7) is 11.0. The first-order chi connectivity index (χ1) is 18.0. The first-order valence-electron chi connectivity index (χ1n) is 13.5. The molecule has 0 aromatic rings. The molecular formula is C26H42N4O7S2. The van der Waals surface area contributed by atoms with Gasteiger partial charge in [0.15, 0.2) is 0 Å².